The minimum absolute atomic E-state index is 0.157. The Kier molecular flexibility index (Phi) is 6.88. The van der Waals surface area contributed by atoms with E-state index < -0.39 is 10.0 Å². The van der Waals surface area contributed by atoms with E-state index in [-0.39, 0.29) is 10.9 Å². The van der Waals surface area contributed by atoms with E-state index in [1.807, 2.05) is 25.4 Å². The third-order valence-corrected chi connectivity index (χ3v) is 7.67. The molecular weight excluding hydrogens is 410 g/mol. The number of nitriles is 1. The van der Waals surface area contributed by atoms with Gasteiger partial charge < -0.3 is 15.2 Å². The van der Waals surface area contributed by atoms with E-state index in [0.717, 1.165) is 42.0 Å². The van der Waals surface area contributed by atoms with E-state index >= 15 is 0 Å². The molecule has 1 aliphatic heterocycles. The molecule has 31 heavy (non-hydrogen) atoms. The molecule has 1 aromatic carbocycles. The maximum atomic E-state index is 13.1. The average Bonchev–Trinajstić information content (AvgIpc) is 3.46. The lowest BCUT2D eigenvalue weighted by Gasteiger charge is -2.26. The second kappa shape index (κ2) is 9.41. The van der Waals surface area contributed by atoms with E-state index in [1.54, 1.807) is 7.05 Å². The number of anilines is 1. The first-order valence-electron chi connectivity index (χ1n) is 10.3. The number of rotatable bonds is 8. The molecule has 0 radical (unpaired) electrons. The lowest BCUT2D eigenvalue weighted by molar-refractivity contribution is 0.366. The highest BCUT2D eigenvalue weighted by Crippen LogP contribution is 2.32. The number of likely N-dealkylation sites (tertiary alicyclic amines) is 1. The molecule has 0 amide bonds. The van der Waals surface area contributed by atoms with E-state index in [4.69, 9.17) is 5.26 Å². The van der Waals surface area contributed by atoms with Crippen LogP contribution in [0, 0.1) is 11.3 Å². The first-order valence-corrected chi connectivity index (χ1v) is 11.7. The van der Waals surface area contributed by atoms with Gasteiger partial charge in [-0.15, -0.1) is 0 Å². The molecular formula is C23H29N5O2S. The normalized spacial score (nSPS) is 17.1. The number of benzene rings is 1. The number of hydrogen-bond donors (Lipinski definition) is 2. The van der Waals surface area contributed by atoms with Gasteiger partial charge in [0.25, 0.3) is 0 Å². The van der Waals surface area contributed by atoms with Crippen molar-refractivity contribution in [3.63, 3.8) is 0 Å². The fourth-order valence-corrected chi connectivity index (χ4v) is 5.12. The van der Waals surface area contributed by atoms with Gasteiger partial charge in [0.1, 0.15) is 5.82 Å². The van der Waals surface area contributed by atoms with Crippen molar-refractivity contribution < 1.29 is 8.42 Å². The molecule has 1 aliphatic rings. The van der Waals surface area contributed by atoms with E-state index in [0.29, 0.717) is 12.1 Å². The largest absolute Gasteiger partial charge is 0.374 e. The minimum atomic E-state index is -3.65. The fourth-order valence-electron chi connectivity index (χ4n) is 3.75. The number of nitrogens with one attached hydrogen (secondary N) is 2. The van der Waals surface area contributed by atoms with Gasteiger partial charge in [0.2, 0.25) is 10.0 Å². The lowest BCUT2D eigenvalue weighted by Crippen LogP contribution is -2.38. The van der Waals surface area contributed by atoms with Crippen molar-refractivity contribution >= 4 is 21.5 Å². The molecule has 0 bridgehead atoms. The Balaban J connectivity index is 1.84. The summed E-state index contributed by atoms with van der Waals surface area (Å²) in [7, 11) is -0.151. The molecule has 1 fully saturated rings. The zero-order chi connectivity index (χ0) is 22.6. The summed E-state index contributed by atoms with van der Waals surface area (Å²) in [6.07, 6.45) is 5.54. The molecule has 0 saturated carbocycles. The van der Waals surface area contributed by atoms with Crippen LogP contribution >= 0.6 is 0 Å². The number of aromatic nitrogens is 1. The summed E-state index contributed by atoms with van der Waals surface area (Å²) >= 11 is 0. The Morgan fingerprint density at radius 3 is 2.71 bits per heavy atom. The van der Waals surface area contributed by atoms with Crippen molar-refractivity contribution in [2.75, 3.05) is 32.5 Å². The molecule has 3 rings (SSSR count). The Hall–Kier alpha value is -3.02. The van der Waals surface area contributed by atoms with Gasteiger partial charge in [-0.25, -0.2) is 8.42 Å². The smallest absolute Gasteiger partial charge is 0.243 e. The number of sulfonamides is 1. The summed E-state index contributed by atoms with van der Waals surface area (Å²) in [6, 6.07) is 9.93. The topological polar surface area (TPSA) is 92.2 Å². The number of nitrogens with zero attached hydrogens (tertiary/aromatic N) is 3. The molecule has 2 N–H and O–H groups in total. The predicted octanol–water partition coefficient (Wildman–Crippen LogP) is 3.63. The SMILES string of the molecule is C=C(/C=C(\c1cc[nH]c1NC)N1CCC(N(C)S(=O)(=O)c2ccc(C#N)cc2)C1)CC. The molecule has 0 spiro atoms. The quantitative estimate of drug-likeness (QED) is 0.613. The Bertz CT molecular complexity index is 1110. The molecule has 2 heterocycles. The Morgan fingerprint density at radius 2 is 2.10 bits per heavy atom. The molecule has 1 aromatic heterocycles. The summed E-state index contributed by atoms with van der Waals surface area (Å²) in [4.78, 5) is 5.62. The van der Waals surface area contributed by atoms with Gasteiger partial charge in [-0.2, -0.15) is 9.57 Å². The first-order chi connectivity index (χ1) is 14.8. The number of allylic oxidation sites excluding steroid dienone is 2. The van der Waals surface area contributed by atoms with Crippen LogP contribution in [-0.4, -0.2) is 55.8 Å². The fraction of sp³-hybridized carbons (Fsp3) is 0.348. The number of likely N-dealkylation sites (N-methyl/N-ethyl adjacent to an activating group) is 1. The minimum Gasteiger partial charge on any atom is -0.374 e. The number of aromatic amines is 1. The van der Waals surface area contributed by atoms with Gasteiger partial charge >= 0.3 is 0 Å². The molecule has 1 unspecified atom stereocenters. The molecule has 1 atom stereocenters. The first kappa shape index (κ1) is 22.7. The van der Waals surface area contributed by atoms with E-state index in [9.17, 15) is 8.42 Å². The van der Waals surface area contributed by atoms with E-state index in [2.05, 4.69) is 34.8 Å². The van der Waals surface area contributed by atoms with Crippen LogP contribution in [-0.2, 0) is 10.0 Å². The van der Waals surface area contributed by atoms with Gasteiger partial charge in [-0.1, -0.05) is 19.1 Å². The third-order valence-electron chi connectivity index (χ3n) is 5.75. The second-order valence-corrected chi connectivity index (χ2v) is 9.60. The van der Waals surface area contributed by atoms with Crippen molar-refractivity contribution in [1.82, 2.24) is 14.2 Å². The van der Waals surface area contributed by atoms with E-state index in [1.165, 1.54) is 28.6 Å². The highest BCUT2D eigenvalue weighted by atomic mass is 32.2. The summed E-state index contributed by atoms with van der Waals surface area (Å²) < 4.78 is 27.7. The average molecular weight is 440 g/mol. The highest BCUT2D eigenvalue weighted by molar-refractivity contribution is 7.89. The van der Waals surface area contributed by atoms with Crippen molar-refractivity contribution in [2.45, 2.75) is 30.7 Å². The molecule has 7 nitrogen and oxygen atoms in total. The van der Waals surface area contributed by atoms with Crippen LogP contribution < -0.4 is 5.32 Å². The van der Waals surface area contributed by atoms with Crippen LogP contribution in [0.4, 0.5) is 5.82 Å². The van der Waals surface area contributed by atoms with Crippen LogP contribution in [0.15, 0.2) is 59.7 Å². The van der Waals surface area contributed by atoms with Crippen molar-refractivity contribution in [3.05, 3.63) is 65.9 Å². The molecule has 2 aromatic rings. The molecule has 8 heteroatoms. The maximum Gasteiger partial charge on any atom is 0.243 e. The van der Waals surface area contributed by atoms with Gasteiger partial charge in [-0.05, 0) is 49.2 Å². The van der Waals surface area contributed by atoms with Crippen LogP contribution in [0.1, 0.15) is 30.9 Å². The van der Waals surface area contributed by atoms with Gasteiger partial charge in [0.05, 0.1) is 16.5 Å². The van der Waals surface area contributed by atoms with Gasteiger partial charge in [-0.3, -0.25) is 0 Å². The third kappa shape index (κ3) is 4.68. The van der Waals surface area contributed by atoms with Crippen LogP contribution in [0.2, 0.25) is 0 Å². The van der Waals surface area contributed by atoms with Crippen molar-refractivity contribution in [1.29, 1.82) is 5.26 Å². The van der Waals surface area contributed by atoms with Crippen molar-refractivity contribution in [2.24, 2.45) is 0 Å². The van der Waals surface area contributed by atoms with Crippen LogP contribution in [0.25, 0.3) is 5.70 Å². The van der Waals surface area contributed by atoms with Gasteiger partial charge in [0.15, 0.2) is 0 Å². The maximum absolute atomic E-state index is 13.1. The van der Waals surface area contributed by atoms with Gasteiger partial charge in [0, 0.05) is 50.7 Å². The standard InChI is InChI=1S/C23H29N5O2S/c1-5-17(2)14-22(21-10-12-26-23(21)25-3)28-13-11-19(16-28)27(4)31(29,30)20-8-6-18(15-24)7-9-20/h6-10,12,14,19,25-26H,2,5,11,13,16H2,1,3-4H3/b22-14+. The molecule has 0 aliphatic carbocycles. The summed E-state index contributed by atoms with van der Waals surface area (Å²) in [5.74, 6) is 0.914. The molecule has 1 saturated heterocycles. The second-order valence-electron chi connectivity index (χ2n) is 7.60. The Labute approximate surface area is 184 Å². The lowest BCUT2D eigenvalue weighted by atomic mass is 10.1. The van der Waals surface area contributed by atoms with Crippen molar-refractivity contribution in [3.8, 4) is 6.07 Å². The predicted molar refractivity (Wildman–Crippen MR) is 124 cm³/mol. The molecule has 164 valence electrons. The number of hydrogen-bond acceptors (Lipinski definition) is 5. The Morgan fingerprint density at radius 1 is 1.39 bits per heavy atom. The highest BCUT2D eigenvalue weighted by Gasteiger charge is 2.34. The monoisotopic (exact) mass is 439 g/mol. The zero-order valence-corrected chi connectivity index (χ0v) is 19.0. The zero-order valence-electron chi connectivity index (χ0n) is 18.2. The summed E-state index contributed by atoms with van der Waals surface area (Å²) in [5, 5.41) is 12.1. The number of H-pyrrole nitrogens is 1. The van der Waals surface area contributed by atoms with Crippen LogP contribution in [0.5, 0.6) is 0 Å². The van der Waals surface area contributed by atoms with Crippen LogP contribution in [0.3, 0.4) is 0 Å². The summed E-state index contributed by atoms with van der Waals surface area (Å²) in [5.41, 5.74) is 3.52. The summed E-state index contributed by atoms with van der Waals surface area (Å²) in [6.45, 7) is 7.53.